The van der Waals surface area contributed by atoms with E-state index in [9.17, 15) is 4.79 Å². The number of amides is 1. The van der Waals surface area contributed by atoms with Crippen LogP contribution in [0.3, 0.4) is 0 Å². The summed E-state index contributed by atoms with van der Waals surface area (Å²) in [5, 5.41) is 2.90. The fourth-order valence-corrected chi connectivity index (χ4v) is 0.748. The highest BCUT2D eigenvalue weighted by atomic mass is 16.1. The number of rotatable bonds is 5. The van der Waals surface area contributed by atoms with Crippen molar-refractivity contribution >= 4 is 5.91 Å². The third kappa shape index (κ3) is 4.82. The third-order valence-corrected chi connectivity index (χ3v) is 1.89. The zero-order chi connectivity index (χ0) is 8.69. The lowest BCUT2D eigenvalue weighted by atomic mass is 10.1. The smallest absolute Gasteiger partial charge is 0.222 e. The molecule has 2 nitrogen and oxygen atoms in total. The molecule has 0 aliphatic heterocycles. The van der Waals surface area contributed by atoms with Crippen LogP contribution in [0.25, 0.3) is 0 Å². The first-order valence-electron chi connectivity index (χ1n) is 4.50. The molecule has 2 heteroatoms. The molecular formula is C9H19NO. The Morgan fingerprint density at radius 1 is 1.45 bits per heavy atom. The fourth-order valence-electron chi connectivity index (χ4n) is 0.748. The van der Waals surface area contributed by atoms with Gasteiger partial charge in [0.1, 0.15) is 0 Å². The van der Waals surface area contributed by atoms with E-state index >= 15 is 0 Å². The summed E-state index contributed by atoms with van der Waals surface area (Å²) in [6.07, 6.45) is 3.15. The maximum Gasteiger partial charge on any atom is 0.222 e. The molecule has 0 fully saturated rings. The predicted octanol–water partition coefficient (Wildman–Crippen LogP) is 1.95. The molecule has 1 atom stereocenters. The first kappa shape index (κ1) is 10.5. The molecule has 0 radical (unpaired) electrons. The van der Waals surface area contributed by atoms with E-state index in [1.807, 2.05) is 13.8 Å². The third-order valence-electron chi connectivity index (χ3n) is 1.89. The van der Waals surface area contributed by atoms with Crippen molar-refractivity contribution in [3.05, 3.63) is 0 Å². The minimum Gasteiger partial charge on any atom is -0.356 e. The van der Waals surface area contributed by atoms with Gasteiger partial charge in [0.2, 0.25) is 5.91 Å². The first-order valence-corrected chi connectivity index (χ1v) is 4.50. The molecule has 0 aromatic heterocycles. The van der Waals surface area contributed by atoms with Crippen molar-refractivity contribution in [1.82, 2.24) is 5.32 Å². The minimum absolute atomic E-state index is 0.173. The van der Waals surface area contributed by atoms with E-state index in [-0.39, 0.29) is 11.8 Å². The number of nitrogens with one attached hydrogen (secondary N) is 1. The molecule has 0 bridgehead atoms. The lowest BCUT2D eigenvalue weighted by molar-refractivity contribution is -0.124. The van der Waals surface area contributed by atoms with Gasteiger partial charge in [-0.3, -0.25) is 4.79 Å². The molecule has 66 valence electrons. The monoisotopic (exact) mass is 157 g/mol. The van der Waals surface area contributed by atoms with Crippen LogP contribution in [-0.2, 0) is 4.79 Å². The van der Waals surface area contributed by atoms with Crippen LogP contribution in [0.4, 0.5) is 0 Å². The Bertz CT molecular complexity index is 112. The van der Waals surface area contributed by atoms with Gasteiger partial charge in [0.15, 0.2) is 0 Å². The molecule has 1 N–H and O–H groups in total. The predicted molar refractivity (Wildman–Crippen MR) is 47.4 cm³/mol. The maximum atomic E-state index is 11.1. The van der Waals surface area contributed by atoms with Gasteiger partial charge in [0, 0.05) is 12.5 Å². The molecule has 1 unspecified atom stereocenters. The highest BCUT2D eigenvalue weighted by molar-refractivity contribution is 5.78. The second-order valence-corrected chi connectivity index (χ2v) is 2.95. The largest absolute Gasteiger partial charge is 0.356 e. The summed E-state index contributed by atoms with van der Waals surface area (Å²) in [5.41, 5.74) is 0. The number of hydrogen-bond acceptors (Lipinski definition) is 1. The normalized spacial score (nSPS) is 12.6. The lowest BCUT2D eigenvalue weighted by Gasteiger charge is -2.08. The van der Waals surface area contributed by atoms with Crippen molar-refractivity contribution in [2.75, 3.05) is 6.54 Å². The molecule has 0 aliphatic rings. The van der Waals surface area contributed by atoms with Crippen LogP contribution in [0.1, 0.15) is 40.0 Å². The Kier molecular flexibility index (Phi) is 5.90. The fraction of sp³-hybridized carbons (Fsp3) is 0.889. The average molecular weight is 157 g/mol. The molecule has 0 rings (SSSR count). The Labute approximate surface area is 69.4 Å². The first-order chi connectivity index (χ1) is 5.22. The van der Waals surface area contributed by atoms with Crippen molar-refractivity contribution in [3.8, 4) is 0 Å². The van der Waals surface area contributed by atoms with Crippen molar-refractivity contribution in [3.63, 3.8) is 0 Å². The van der Waals surface area contributed by atoms with Crippen LogP contribution in [-0.4, -0.2) is 12.5 Å². The van der Waals surface area contributed by atoms with Gasteiger partial charge in [0.25, 0.3) is 0 Å². The van der Waals surface area contributed by atoms with E-state index in [1.54, 1.807) is 0 Å². The molecule has 0 saturated heterocycles. The highest BCUT2D eigenvalue weighted by Crippen LogP contribution is 1.99. The van der Waals surface area contributed by atoms with Crippen LogP contribution >= 0.6 is 0 Å². The van der Waals surface area contributed by atoms with Gasteiger partial charge in [-0.2, -0.15) is 0 Å². The molecular weight excluding hydrogens is 138 g/mol. The number of carbonyl (C=O) groups is 1. The summed E-state index contributed by atoms with van der Waals surface area (Å²) in [5.74, 6) is 0.368. The molecule has 1 amide bonds. The zero-order valence-corrected chi connectivity index (χ0v) is 7.81. The number of carbonyl (C=O) groups excluding carboxylic acids is 1. The van der Waals surface area contributed by atoms with Crippen molar-refractivity contribution in [2.24, 2.45) is 5.92 Å². The van der Waals surface area contributed by atoms with E-state index in [0.29, 0.717) is 0 Å². The molecule has 0 heterocycles. The topological polar surface area (TPSA) is 29.1 Å². The molecule has 0 aromatic rings. The molecule has 0 aromatic carbocycles. The highest BCUT2D eigenvalue weighted by Gasteiger charge is 2.07. The van der Waals surface area contributed by atoms with Crippen molar-refractivity contribution in [1.29, 1.82) is 0 Å². The maximum absolute atomic E-state index is 11.1. The second kappa shape index (κ2) is 6.20. The number of unbranched alkanes of at least 4 members (excludes halogenated alkanes) is 1. The van der Waals surface area contributed by atoms with Crippen molar-refractivity contribution < 1.29 is 4.79 Å². The second-order valence-electron chi connectivity index (χ2n) is 2.95. The van der Waals surface area contributed by atoms with Gasteiger partial charge in [0.05, 0.1) is 0 Å². The van der Waals surface area contributed by atoms with E-state index in [2.05, 4.69) is 12.2 Å². The summed E-state index contributed by atoms with van der Waals surface area (Å²) < 4.78 is 0. The van der Waals surface area contributed by atoms with E-state index < -0.39 is 0 Å². The Hall–Kier alpha value is -0.530. The van der Waals surface area contributed by atoms with E-state index in [1.165, 1.54) is 0 Å². The van der Waals surface area contributed by atoms with Crippen LogP contribution in [0.15, 0.2) is 0 Å². The number of hydrogen-bond donors (Lipinski definition) is 1. The van der Waals surface area contributed by atoms with Gasteiger partial charge in [-0.15, -0.1) is 0 Å². The van der Waals surface area contributed by atoms with Crippen LogP contribution < -0.4 is 5.32 Å². The summed E-state index contributed by atoms with van der Waals surface area (Å²) in [4.78, 5) is 11.1. The standard InChI is InChI=1S/C9H19NO/c1-4-6-7-10-9(11)8(3)5-2/h8H,4-7H2,1-3H3,(H,10,11). The average Bonchev–Trinajstić information content (AvgIpc) is 2.03. The van der Waals surface area contributed by atoms with Crippen LogP contribution in [0.5, 0.6) is 0 Å². The van der Waals surface area contributed by atoms with Crippen molar-refractivity contribution in [2.45, 2.75) is 40.0 Å². The Morgan fingerprint density at radius 2 is 2.09 bits per heavy atom. The molecule has 0 spiro atoms. The van der Waals surface area contributed by atoms with E-state index in [0.717, 1.165) is 25.8 Å². The summed E-state index contributed by atoms with van der Waals surface area (Å²) in [6.45, 7) is 6.94. The molecule has 0 aliphatic carbocycles. The quantitative estimate of drug-likeness (QED) is 0.607. The van der Waals surface area contributed by atoms with Gasteiger partial charge in [-0.1, -0.05) is 27.2 Å². The van der Waals surface area contributed by atoms with E-state index in [4.69, 9.17) is 0 Å². The lowest BCUT2D eigenvalue weighted by Crippen LogP contribution is -2.29. The van der Waals surface area contributed by atoms with Gasteiger partial charge in [-0.25, -0.2) is 0 Å². The minimum atomic E-state index is 0.173. The molecule has 0 saturated carbocycles. The SMILES string of the molecule is CCCCNC(=O)C(C)CC. The van der Waals surface area contributed by atoms with Gasteiger partial charge in [-0.05, 0) is 12.8 Å². The van der Waals surface area contributed by atoms with Gasteiger partial charge >= 0.3 is 0 Å². The Morgan fingerprint density at radius 3 is 2.55 bits per heavy atom. The van der Waals surface area contributed by atoms with Crippen LogP contribution in [0.2, 0.25) is 0 Å². The summed E-state index contributed by atoms with van der Waals surface area (Å²) in [7, 11) is 0. The summed E-state index contributed by atoms with van der Waals surface area (Å²) >= 11 is 0. The van der Waals surface area contributed by atoms with Crippen LogP contribution in [0, 0.1) is 5.92 Å². The van der Waals surface area contributed by atoms with Gasteiger partial charge < -0.3 is 5.32 Å². The molecule has 11 heavy (non-hydrogen) atoms. The summed E-state index contributed by atoms with van der Waals surface area (Å²) in [6, 6.07) is 0. The zero-order valence-electron chi connectivity index (χ0n) is 7.81. The Balaban J connectivity index is 3.36.